The molecule has 3 heterocycles. The van der Waals surface area contributed by atoms with E-state index in [9.17, 15) is 9.90 Å². The summed E-state index contributed by atoms with van der Waals surface area (Å²) in [6, 6.07) is 6.82. The Morgan fingerprint density at radius 1 is 1.20 bits per heavy atom. The van der Waals surface area contributed by atoms with Crippen molar-refractivity contribution in [2.75, 3.05) is 34.5 Å². The van der Waals surface area contributed by atoms with Crippen LogP contribution in [-0.4, -0.2) is 68.4 Å². The van der Waals surface area contributed by atoms with E-state index in [1.165, 1.54) is 12.1 Å². The SMILES string of the molecule is C=C(C)[C@H]1Cc2c(ccc(C3=NN(C(=O)COC)C4COc5cc(OC)c(OC)cc5C34)c2O)O1. The van der Waals surface area contributed by atoms with Crippen LogP contribution in [0.1, 0.15) is 29.5 Å². The van der Waals surface area contributed by atoms with Crippen LogP contribution >= 0.6 is 0 Å². The Bertz CT molecular complexity index is 1240. The number of amides is 1. The van der Waals surface area contributed by atoms with Crippen LogP contribution in [0.5, 0.6) is 28.7 Å². The van der Waals surface area contributed by atoms with Gasteiger partial charge in [0, 0.05) is 36.3 Å². The molecule has 35 heavy (non-hydrogen) atoms. The number of rotatable bonds is 6. The van der Waals surface area contributed by atoms with Crippen LogP contribution in [-0.2, 0) is 16.0 Å². The number of fused-ring (bicyclic) bond motifs is 4. The van der Waals surface area contributed by atoms with Crippen LogP contribution in [0.4, 0.5) is 0 Å². The lowest BCUT2D eigenvalue weighted by Gasteiger charge is -2.33. The molecule has 3 aliphatic heterocycles. The molecule has 2 aromatic rings. The van der Waals surface area contributed by atoms with Crippen molar-refractivity contribution in [2.45, 2.75) is 31.4 Å². The smallest absolute Gasteiger partial charge is 0.269 e. The first-order chi connectivity index (χ1) is 16.9. The number of phenolic OH excluding ortho intramolecular Hbond substituents is 1. The summed E-state index contributed by atoms with van der Waals surface area (Å²) in [7, 11) is 4.59. The number of phenols is 1. The van der Waals surface area contributed by atoms with Crippen molar-refractivity contribution >= 4 is 11.6 Å². The predicted octanol–water partition coefficient (Wildman–Crippen LogP) is 3.03. The Morgan fingerprint density at radius 2 is 1.94 bits per heavy atom. The highest BCUT2D eigenvalue weighted by molar-refractivity contribution is 6.10. The maximum absolute atomic E-state index is 12.9. The minimum absolute atomic E-state index is 0.0957. The van der Waals surface area contributed by atoms with Gasteiger partial charge in [0.25, 0.3) is 5.91 Å². The normalized spacial score (nSPS) is 21.8. The zero-order valence-electron chi connectivity index (χ0n) is 20.2. The van der Waals surface area contributed by atoms with Gasteiger partial charge in [-0.15, -0.1) is 0 Å². The Balaban J connectivity index is 1.64. The molecule has 1 N–H and O–H groups in total. The maximum Gasteiger partial charge on any atom is 0.269 e. The Morgan fingerprint density at radius 3 is 2.63 bits per heavy atom. The number of benzene rings is 2. The van der Waals surface area contributed by atoms with Gasteiger partial charge < -0.3 is 28.8 Å². The number of hydrogen-bond acceptors (Lipinski definition) is 8. The summed E-state index contributed by atoms with van der Waals surface area (Å²) in [6.07, 6.45) is 0.327. The topological polar surface area (TPSA) is 99.1 Å². The Hall–Kier alpha value is -3.72. The van der Waals surface area contributed by atoms with Gasteiger partial charge in [0.1, 0.15) is 42.6 Å². The number of hydrazone groups is 1. The average molecular weight is 481 g/mol. The van der Waals surface area contributed by atoms with Crippen molar-refractivity contribution < 1.29 is 33.6 Å². The zero-order valence-corrected chi connectivity index (χ0v) is 20.2. The summed E-state index contributed by atoms with van der Waals surface area (Å²) in [6.45, 7) is 5.99. The molecule has 3 aliphatic rings. The van der Waals surface area contributed by atoms with Crippen molar-refractivity contribution in [3.05, 3.63) is 53.1 Å². The predicted molar refractivity (Wildman–Crippen MR) is 128 cm³/mol. The van der Waals surface area contributed by atoms with Crippen LogP contribution in [0.3, 0.4) is 0 Å². The van der Waals surface area contributed by atoms with E-state index in [0.717, 1.165) is 11.1 Å². The lowest BCUT2D eigenvalue weighted by atomic mass is 9.82. The van der Waals surface area contributed by atoms with Gasteiger partial charge in [-0.2, -0.15) is 5.10 Å². The molecule has 0 bridgehead atoms. The molecule has 9 nitrogen and oxygen atoms in total. The van der Waals surface area contributed by atoms with Gasteiger partial charge in [-0.1, -0.05) is 6.58 Å². The van der Waals surface area contributed by atoms with Gasteiger partial charge in [-0.3, -0.25) is 4.79 Å². The van der Waals surface area contributed by atoms with Crippen molar-refractivity contribution in [2.24, 2.45) is 5.10 Å². The fourth-order valence-electron chi connectivity index (χ4n) is 4.96. The minimum Gasteiger partial charge on any atom is -0.507 e. The van der Waals surface area contributed by atoms with Gasteiger partial charge in [-0.05, 0) is 30.7 Å². The maximum atomic E-state index is 12.9. The van der Waals surface area contributed by atoms with Crippen molar-refractivity contribution in [1.29, 1.82) is 0 Å². The van der Waals surface area contributed by atoms with Crippen LogP contribution in [0, 0.1) is 0 Å². The molecule has 2 aromatic carbocycles. The number of carbonyl (C=O) groups is 1. The first-order valence-corrected chi connectivity index (χ1v) is 11.3. The largest absolute Gasteiger partial charge is 0.507 e. The number of methoxy groups -OCH3 is 3. The molecule has 2 unspecified atom stereocenters. The summed E-state index contributed by atoms with van der Waals surface area (Å²) in [5, 5.41) is 17.4. The van der Waals surface area contributed by atoms with E-state index in [1.54, 1.807) is 26.4 Å². The summed E-state index contributed by atoms with van der Waals surface area (Å²) < 4.78 is 28.0. The van der Waals surface area contributed by atoms with Crippen molar-refractivity contribution in [3.63, 3.8) is 0 Å². The summed E-state index contributed by atoms with van der Waals surface area (Å²) in [5.74, 6) is 1.76. The lowest BCUT2D eigenvalue weighted by molar-refractivity contribution is -0.137. The van der Waals surface area contributed by atoms with Gasteiger partial charge in [0.05, 0.1) is 25.8 Å². The average Bonchev–Trinajstić information content (AvgIpc) is 3.46. The van der Waals surface area contributed by atoms with Crippen LogP contribution in [0.25, 0.3) is 0 Å². The van der Waals surface area contributed by atoms with Gasteiger partial charge >= 0.3 is 0 Å². The van der Waals surface area contributed by atoms with E-state index in [0.29, 0.717) is 46.3 Å². The lowest BCUT2D eigenvalue weighted by Crippen LogP contribution is -2.44. The van der Waals surface area contributed by atoms with E-state index in [2.05, 4.69) is 6.58 Å². The highest BCUT2D eigenvalue weighted by Crippen LogP contribution is 2.48. The molecule has 0 saturated carbocycles. The number of aromatic hydroxyl groups is 1. The third-order valence-corrected chi connectivity index (χ3v) is 6.72. The van der Waals surface area contributed by atoms with Gasteiger partial charge in [0.2, 0.25) is 0 Å². The van der Waals surface area contributed by atoms with E-state index >= 15 is 0 Å². The summed E-state index contributed by atoms with van der Waals surface area (Å²) >= 11 is 0. The van der Waals surface area contributed by atoms with E-state index in [-0.39, 0.29) is 36.9 Å². The molecule has 0 spiro atoms. The van der Waals surface area contributed by atoms with Gasteiger partial charge in [-0.25, -0.2) is 5.01 Å². The molecule has 5 rings (SSSR count). The monoisotopic (exact) mass is 480 g/mol. The highest BCUT2D eigenvalue weighted by atomic mass is 16.5. The van der Waals surface area contributed by atoms with Crippen LogP contribution in [0.15, 0.2) is 41.5 Å². The fraction of sp³-hybridized carbons (Fsp3) is 0.385. The molecule has 0 radical (unpaired) electrons. The standard InChI is InChI=1S/C26H28N2O7/c1-13(2)19-9-16-18(35-19)7-6-14(26(16)30)25-24-15-8-21(32-4)22(33-5)10-20(15)34-11-17(24)28(27-25)23(29)12-31-3/h6-8,10,17,19,24,30H,1,9,11-12H2,2-5H3/t17?,19-,24?/m1/s1. The second-order valence-corrected chi connectivity index (χ2v) is 8.85. The second-order valence-electron chi connectivity index (χ2n) is 8.85. The number of hydrogen-bond donors (Lipinski definition) is 1. The summed E-state index contributed by atoms with van der Waals surface area (Å²) in [5.41, 5.74) is 3.49. The minimum atomic E-state index is -0.412. The Labute approximate surface area is 203 Å². The molecule has 1 amide bonds. The van der Waals surface area contributed by atoms with Crippen LogP contribution in [0.2, 0.25) is 0 Å². The van der Waals surface area contributed by atoms with E-state index in [1.807, 2.05) is 19.1 Å². The molecule has 0 aliphatic carbocycles. The van der Waals surface area contributed by atoms with Crippen LogP contribution < -0.4 is 18.9 Å². The molecule has 3 atom stereocenters. The summed E-state index contributed by atoms with van der Waals surface area (Å²) in [4.78, 5) is 12.9. The van der Waals surface area contributed by atoms with E-state index < -0.39 is 6.04 Å². The molecule has 9 heteroatoms. The quantitative estimate of drug-likeness (QED) is 0.635. The van der Waals surface area contributed by atoms with Gasteiger partial charge in [0.15, 0.2) is 11.5 Å². The Kier molecular flexibility index (Phi) is 5.80. The first kappa shape index (κ1) is 23.0. The number of nitrogens with zero attached hydrogens (tertiary/aromatic N) is 2. The molecule has 0 aromatic heterocycles. The third-order valence-electron chi connectivity index (χ3n) is 6.72. The fourth-order valence-corrected chi connectivity index (χ4v) is 4.96. The third kappa shape index (κ3) is 3.67. The molecule has 0 fully saturated rings. The molecule has 0 saturated heterocycles. The first-order valence-electron chi connectivity index (χ1n) is 11.3. The second kappa shape index (κ2) is 8.81. The van der Waals surface area contributed by atoms with Crippen molar-refractivity contribution in [1.82, 2.24) is 5.01 Å². The highest BCUT2D eigenvalue weighted by Gasteiger charge is 2.47. The molecular weight excluding hydrogens is 452 g/mol. The number of ether oxygens (including phenoxy) is 5. The molecular formula is C26H28N2O7. The van der Waals surface area contributed by atoms with Crippen molar-refractivity contribution in [3.8, 4) is 28.7 Å². The zero-order chi connectivity index (χ0) is 24.9. The number of carbonyl (C=O) groups excluding carboxylic acids is 1. The molecule has 184 valence electrons. The van der Waals surface area contributed by atoms with E-state index in [4.69, 9.17) is 28.8 Å².